The molecule has 0 atom stereocenters. The second-order valence-corrected chi connectivity index (χ2v) is 5.50. The number of aliphatic imine (C=N–C) groups is 1. The van der Waals surface area contributed by atoms with Crippen LogP contribution in [0, 0.1) is 0 Å². The number of allylic oxidation sites excluding steroid dienone is 1. The minimum absolute atomic E-state index is 0.388. The number of guanidine groups is 1. The summed E-state index contributed by atoms with van der Waals surface area (Å²) in [4.78, 5) is 7.06. The first-order chi connectivity index (χ1) is 10.8. The first-order valence-electron chi connectivity index (χ1n) is 8.56. The Morgan fingerprint density at radius 2 is 2.09 bits per heavy atom. The number of methoxy groups -OCH3 is 1. The number of nitrogens with one attached hydrogen (secondary N) is 1. The van der Waals surface area contributed by atoms with E-state index in [0.29, 0.717) is 6.10 Å². The molecule has 1 heterocycles. The molecule has 0 spiro atoms. The molecule has 0 aromatic heterocycles. The molecule has 1 saturated heterocycles. The van der Waals surface area contributed by atoms with Gasteiger partial charge in [-0.15, -0.1) is 0 Å². The average Bonchev–Trinajstić information content (AvgIpc) is 2.55. The third-order valence-corrected chi connectivity index (χ3v) is 3.72. The van der Waals surface area contributed by atoms with Gasteiger partial charge in [-0.2, -0.15) is 0 Å². The summed E-state index contributed by atoms with van der Waals surface area (Å²) in [5.74, 6) is 1.05. The van der Waals surface area contributed by atoms with E-state index in [2.05, 4.69) is 29.3 Å². The summed E-state index contributed by atoms with van der Waals surface area (Å²) in [5, 5.41) is 3.40. The minimum atomic E-state index is 0.388. The highest BCUT2D eigenvalue weighted by molar-refractivity contribution is 5.80. The number of nitrogens with zero attached hydrogens (tertiary/aromatic N) is 2. The van der Waals surface area contributed by atoms with E-state index in [1.807, 2.05) is 6.92 Å². The molecule has 1 aliphatic heterocycles. The molecule has 0 aromatic rings. The number of hydrogen-bond donors (Lipinski definition) is 1. The van der Waals surface area contributed by atoms with Crippen LogP contribution in [0.1, 0.15) is 39.5 Å². The van der Waals surface area contributed by atoms with Crippen molar-refractivity contribution in [2.24, 2.45) is 4.99 Å². The highest BCUT2D eigenvalue weighted by Crippen LogP contribution is 2.14. The van der Waals surface area contributed by atoms with E-state index in [1.54, 1.807) is 7.11 Å². The van der Waals surface area contributed by atoms with Crippen molar-refractivity contribution in [1.82, 2.24) is 10.2 Å². The summed E-state index contributed by atoms with van der Waals surface area (Å²) in [5.41, 5.74) is 0. The summed E-state index contributed by atoms with van der Waals surface area (Å²) >= 11 is 0. The zero-order valence-corrected chi connectivity index (χ0v) is 14.5. The predicted molar refractivity (Wildman–Crippen MR) is 92.4 cm³/mol. The van der Waals surface area contributed by atoms with Gasteiger partial charge in [0.05, 0.1) is 6.10 Å². The Morgan fingerprint density at radius 3 is 2.73 bits per heavy atom. The van der Waals surface area contributed by atoms with Crippen molar-refractivity contribution in [3.63, 3.8) is 0 Å². The topological polar surface area (TPSA) is 46.1 Å². The zero-order chi connectivity index (χ0) is 16.0. The largest absolute Gasteiger partial charge is 0.385 e. The maximum Gasteiger partial charge on any atom is 0.193 e. The Labute approximate surface area is 135 Å². The van der Waals surface area contributed by atoms with Gasteiger partial charge in [0.25, 0.3) is 0 Å². The van der Waals surface area contributed by atoms with Crippen LogP contribution >= 0.6 is 0 Å². The van der Waals surface area contributed by atoms with Crippen molar-refractivity contribution in [1.29, 1.82) is 0 Å². The van der Waals surface area contributed by atoms with Crippen molar-refractivity contribution in [2.45, 2.75) is 45.6 Å². The fourth-order valence-corrected chi connectivity index (χ4v) is 2.53. The molecule has 0 aromatic carbocycles. The van der Waals surface area contributed by atoms with Crippen LogP contribution < -0.4 is 5.32 Å². The first kappa shape index (κ1) is 19.0. The van der Waals surface area contributed by atoms with Crippen LogP contribution in [0.15, 0.2) is 17.1 Å². The van der Waals surface area contributed by atoms with E-state index in [4.69, 9.17) is 14.5 Å². The van der Waals surface area contributed by atoms with Crippen LogP contribution in [-0.4, -0.2) is 63.5 Å². The quantitative estimate of drug-likeness (QED) is 0.307. The Morgan fingerprint density at radius 1 is 1.32 bits per heavy atom. The highest BCUT2D eigenvalue weighted by atomic mass is 16.5. The molecular weight excluding hydrogens is 278 g/mol. The van der Waals surface area contributed by atoms with Crippen LogP contribution in [0.2, 0.25) is 0 Å². The molecule has 0 aliphatic carbocycles. The first-order valence-corrected chi connectivity index (χ1v) is 8.56. The molecule has 128 valence electrons. The second kappa shape index (κ2) is 12.5. The van der Waals surface area contributed by atoms with Gasteiger partial charge in [-0.1, -0.05) is 12.2 Å². The summed E-state index contributed by atoms with van der Waals surface area (Å²) in [6.07, 6.45) is 8.76. The van der Waals surface area contributed by atoms with Gasteiger partial charge in [-0.05, 0) is 39.5 Å². The smallest absolute Gasteiger partial charge is 0.193 e. The number of rotatable bonds is 9. The standard InChI is InChI=1S/C17H33N3O2/c1-4-6-7-11-19-17(18-5-2)20-12-9-16(10-13-20)22-15-8-14-21-3/h4,6,16H,5,7-15H2,1-3H3,(H,18,19)/b6-4+. The number of ether oxygens (including phenoxy) is 2. The van der Waals surface area contributed by atoms with Crippen LogP contribution in [0.4, 0.5) is 0 Å². The Hall–Kier alpha value is -1.07. The maximum atomic E-state index is 5.91. The Kier molecular flexibility index (Phi) is 10.8. The van der Waals surface area contributed by atoms with Gasteiger partial charge in [0.1, 0.15) is 0 Å². The Balaban J connectivity index is 2.32. The van der Waals surface area contributed by atoms with Gasteiger partial charge in [0.15, 0.2) is 5.96 Å². The minimum Gasteiger partial charge on any atom is -0.385 e. The summed E-state index contributed by atoms with van der Waals surface area (Å²) < 4.78 is 11.0. The monoisotopic (exact) mass is 311 g/mol. The summed E-state index contributed by atoms with van der Waals surface area (Å²) in [6, 6.07) is 0. The SMILES string of the molecule is C/C=C/CCN=C(NCC)N1CCC(OCCCOC)CC1. The van der Waals surface area contributed by atoms with E-state index >= 15 is 0 Å². The van der Waals surface area contributed by atoms with Crippen LogP contribution in [-0.2, 0) is 9.47 Å². The van der Waals surface area contributed by atoms with Crippen molar-refractivity contribution in [3.8, 4) is 0 Å². The average molecular weight is 311 g/mol. The lowest BCUT2D eigenvalue weighted by molar-refractivity contribution is 0.00991. The molecule has 5 heteroatoms. The van der Waals surface area contributed by atoms with Gasteiger partial charge in [0, 0.05) is 46.5 Å². The molecule has 22 heavy (non-hydrogen) atoms. The molecule has 0 radical (unpaired) electrons. The van der Waals surface area contributed by atoms with E-state index < -0.39 is 0 Å². The van der Waals surface area contributed by atoms with Crippen LogP contribution in [0.5, 0.6) is 0 Å². The molecule has 0 bridgehead atoms. The van der Waals surface area contributed by atoms with E-state index in [9.17, 15) is 0 Å². The van der Waals surface area contributed by atoms with Crippen LogP contribution in [0.3, 0.4) is 0 Å². The molecule has 5 nitrogen and oxygen atoms in total. The molecule has 1 fully saturated rings. The molecule has 0 unspecified atom stereocenters. The van der Waals surface area contributed by atoms with E-state index in [1.165, 1.54) is 0 Å². The molecule has 1 aliphatic rings. The lowest BCUT2D eigenvalue weighted by Gasteiger charge is -2.34. The molecular formula is C17H33N3O2. The number of hydrogen-bond acceptors (Lipinski definition) is 3. The van der Waals surface area contributed by atoms with E-state index in [0.717, 1.165) is 71.0 Å². The van der Waals surface area contributed by atoms with Gasteiger partial charge in [-0.3, -0.25) is 4.99 Å². The summed E-state index contributed by atoms with van der Waals surface area (Å²) in [7, 11) is 1.73. The predicted octanol–water partition coefficient (Wildman–Crippen LogP) is 2.44. The summed E-state index contributed by atoms with van der Waals surface area (Å²) in [6.45, 7) is 9.54. The molecule has 0 saturated carbocycles. The van der Waals surface area contributed by atoms with E-state index in [-0.39, 0.29) is 0 Å². The lowest BCUT2D eigenvalue weighted by atomic mass is 10.1. The Bertz CT molecular complexity index is 324. The fraction of sp³-hybridized carbons (Fsp3) is 0.824. The van der Waals surface area contributed by atoms with Gasteiger partial charge in [-0.25, -0.2) is 0 Å². The van der Waals surface area contributed by atoms with Crippen molar-refractivity contribution < 1.29 is 9.47 Å². The maximum absolute atomic E-state index is 5.91. The van der Waals surface area contributed by atoms with Crippen molar-refractivity contribution in [3.05, 3.63) is 12.2 Å². The third-order valence-electron chi connectivity index (χ3n) is 3.72. The highest BCUT2D eigenvalue weighted by Gasteiger charge is 2.21. The zero-order valence-electron chi connectivity index (χ0n) is 14.5. The van der Waals surface area contributed by atoms with Crippen LogP contribution in [0.25, 0.3) is 0 Å². The lowest BCUT2D eigenvalue weighted by Crippen LogP contribution is -2.47. The van der Waals surface area contributed by atoms with Gasteiger partial charge < -0.3 is 19.7 Å². The fourth-order valence-electron chi connectivity index (χ4n) is 2.53. The molecule has 1 N–H and O–H groups in total. The number of piperidine rings is 1. The number of likely N-dealkylation sites (tertiary alicyclic amines) is 1. The molecule has 1 rings (SSSR count). The van der Waals surface area contributed by atoms with Gasteiger partial charge >= 0.3 is 0 Å². The second-order valence-electron chi connectivity index (χ2n) is 5.50. The van der Waals surface area contributed by atoms with Gasteiger partial charge in [0.2, 0.25) is 0 Å². The normalized spacial score (nSPS) is 17.4. The van der Waals surface area contributed by atoms with Crippen molar-refractivity contribution >= 4 is 5.96 Å². The third kappa shape index (κ3) is 7.80. The van der Waals surface area contributed by atoms with Crippen molar-refractivity contribution in [2.75, 3.05) is 46.5 Å². The molecule has 0 amide bonds.